The van der Waals surface area contributed by atoms with E-state index >= 15 is 0 Å². The summed E-state index contributed by atoms with van der Waals surface area (Å²) in [5.74, 6) is -0.210. The molecule has 0 saturated heterocycles. The predicted octanol–water partition coefficient (Wildman–Crippen LogP) is 5.64. The van der Waals surface area contributed by atoms with Gasteiger partial charge in [0.1, 0.15) is 0 Å². The van der Waals surface area contributed by atoms with Crippen LogP contribution in [0.2, 0.25) is 5.02 Å². The first-order valence-corrected chi connectivity index (χ1v) is 8.75. The van der Waals surface area contributed by atoms with E-state index in [4.69, 9.17) is 11.6 Å². The standard InChI is InChI=1S/C19H17ClN2OS/c1-11-7-8-16(12(2)9-11)17-13(3)24-19(21-17)22-18(23)14-5-4-6-15(20)10-14/h4-10H,1-3H3,(H,21,22,23). The average molecular weight is 357 g/mol. The van der Waals surface area contributed by atoms with E-state index in [-0.39, 0.29) is 5.91 Å². The molecule has 3 aromatic rings. The van der Waals surface area contributed by atoms with Crippen LogP contribution in [0, 0.1) is 20.8 Å². The van der Waals surface area contributed by atoms with Gasteiger partial charge in [-0.15, -0.1) is 11.3 Å². The lowest BCUT2D eigenvalue weighted by atomic mass is 10.0. The van der Waals surface area contributed by atoms with Gasteiger partial charge in [-0.25, -0.2) is 4.98 Å². The SMILES string of the molecule is Cc1ccc(-c2nc(NC(=O)c3cccc(Cl)c3)sc2C)c(C)c1. The van der Waals surface area contributed by atoms with Gasteiger partial charge in [0.2, 0.25) is 0 Å². The second-order valence-corrected chi connectivity index (χ2v) is 7.35. The molecule has 0 saturated carbocycles. The van der Waals surface area contributed by atoms with Crippen LogP contribution in [-0.2, 0) is 0 Å². The van der Waals surface area contributed by atoms with Gasteiger partial charge in [0.15, 0.2) is 5.13 Å². The number of thiazole rings is 1. The average Bonchev–Trinajstić information content (AvgIpc) is 2.87. The van der Waals surface area contributed by atoms with Crippen LogP contribution in [0.5, 0.6) is 0 Å². The van der Waals surface area contributed by atoms with Gasteiger partial charge in [0, 0.05) is 21.0 Å². The van der Waals surface area contributed by atoms with Gasteiger partial charge in [-0.3, -0.25) is 10.1 Å². The molecule has 24 heavy (non-hydrogen) atoms. The number of carbonyl (C=O) groups excluding carboxylic acids is 1. The highest BCUT2D eigenvalue weighted by Crippen LogP contribution is 2.32. The Hall–Kier alpha value is -2.17. The van der Waals surface area contributed by atoms with Crippen LogP contribution < -0.4 is 5.32 Å². The number of benzene rings is 2. The number of rotatable bonds is 3. The zero-order valence-corrected chi connectivity index (χ0v) is 15.3. The fraction of sp³-hybridized carbons (Fsp3) is 0.158. The molecule has 1 amide bonds. The molecule has 0 atom stereocenters. The van der Waals surface area contributed by atoms with Crippen molar-refractivity contribution in [1.82, 2.24) is 4.98 Å². The normalized spacial score (nSPS) is 10.7. The quantitative estimate of drug-likeness (QED) is 0.659. The molecule has 0 radical (unpaired) electrons. The van der Waals surface area contributed by atoms with Crippen molar-refractivity contribution in [1.29, 1.82) is 0 Å². The highest BCUT2D eigenvalue weighted by molar-refractivity contribution is 7.16. The van der Waals surface area contributed by atoms with Crippen LogP contribution in [-0.4, -0.2) is 10.9 Å². The monoisotopic (exact) mass is 356 g/mol. The fourth-order valence-electron chi connectivity index (χ4n) is 2.58. The Bertz CT molecular complexity index is 917. The van der Waals surface area contributed by atoms with E-state index in [2.05, 4.69) is 42.3 Å². The van der Waals surface area contributed by atoms with Gasteiger partial charge in [-0.1, -0.05) is 41.4 Å². The minimum absolute atomic E-state index is 0.210. The maximum atomic E-state index is 12.3. The molecule has 0 fully saturated rings. The zero-order valence-electron chi connectivity index (χ0n) is 13.7. The minimum Gasteiger partial charge on any atom is -0.298 e. The molecule has 3 nitrogen and oxygen atoms in total. The number of hydrogen-bond donors (Lipinski definition) is 1. The summed E-state index contributed by atoms with van der Waals surface area (Å²) in [6, 6.07) is 13.2. The maximum Gasteiger partial charge on any atom is 0.257 e. The molecular formula is C19H17ClN2OS. The summed E-state index contributed by atoms with van der Waals surface area (Å²) in [6.07, 6.45) is 0. The number of nitrogens with zero attached hydrogens (tertiary/aromatic N) is 1. The Labute approximate surface area is 150 Å². The summed E-state index contributed by atoms with van der Waals surface area (Å²) in [7, 11) is 0. The summed E-state index contributed by atoms with van der Waals surface area (Å²) < 4.78 is 0. The molecule has 0 spiro atoms. The zero-order chi connectivity index (χ0) is 17.3. The van der Waals surface area contributed by atoms with Crippen molar-refractivity contribution in [2.45, 2.75) is 20.8 Å². The first-order chi connectivity index (χ1) is 11.4. The molecule has 0 aliphatic rings. The smallest absolute Gasteiger partial charge is 0.257 e. The lowest BCUT2D eigenvalue weighted by molar-refractivity contribution is 0.102. The van der Waals surface area contributed by atoms with Gasteiger partial charge in [-0.2, -0.15) is 0 Å². The van der Waals surface area contributed by atoms with Crippen LogP contribution in [0.25, 0.3) is 11.3 Å². The van der Waals surface area contributed by atoms with E-state index in [1.54, 1.807) is 24.3 Å². The van der Waals surface area contributed by atoms with E-state index in [0.717, 1.165) is 16.1 Å². The molecule has 1 N–H and O–H groups in total. The Morgan fingerprint density at radius 3 is 2.62 bits per heavy atom. The van der Waals surface area contributed by atoms with Gasteiger partial charge >= 0.3 is 0 Å². The molecule has 5 heteroatoms. The number of hydrogen-bond acceptors (Lipinski definition) is 3. The van der Waals surface area contributed by atoms with Gasteiger partial charge < -0.3 is 0 Å². The summed E-state index contributed by atoms with van der Waals surface area (Å²) in [5.41, 5.74) is 4.93. The number of nitrogens with one attached hydrogen (secondary N) is 1. The van der Waals surface area contributed by atoms with Crippen molar-refractivity contribution in [2.24, 2.45) is 0 Å². The molecule has 0 unspecified atom stereocenters. The third-order valence-corrected chi connectivity index (χ3v) is 4.86. The topological polar surface area (TPSA) is 42.0 Å². The van der Waals surface area contributed by atoms with E-state index in [9.17, 15) is 4.79 Å². The number of amides is 1. The fourth-order valence-corrected chi connectivity index (χ4v) is 3.59. The van der Waals surface area contributed by atoms with E-state index < -0.39 is 0 Å². The Morgan fingerprint density at radius 1 is 1.12 bits per heavy atom. The van der Waals surface area contributed by atoms with Crippen molar-refractivity contribution < 1.29 is 4.79 Å². The molecular weight excluding hydrogens is 340 g/mol. The van der Waals surface area contributed by atoms with Crippen LogP contribution in [0.3, 0.4) is 0 Å². The second-order valence-electron chi connectivity index (χ2n) is 5.71. The third-order valence-electron chi connectivity index (χ3n) is 3.74. The highest BCUT2D eigenvalue weighted by atomic mass is 35.5. The molecule has 2 aromatic carbocycles. The summed E-state index contributed by atoms with van der Waals surface area (Å²) in [4.78, 5) is 18.0. The summed E-state index contributed by atoms with van der Waals surface area (Å²) >= 11 is 7.41. The number of carbonyl (C=O) groups is 1. The van der Waals surface area contributed by atoms with E-state index in [1.165, 1.54) is 22.5 Å². The van der Waals surface area contributed by atoms with Crippen LogP contribution >= 0.6 is 22.9 Å². The lowest BCUT2D eigenvalue weighted by Gasteiger charge is -2.05. The van der Waals surface area contributed by atoms with Crippen molar-refractivity contribution >= 4 is 34.0 Å². The minimum atomic E-state index is -0.210. The number of aromatic nitrogens is 1. The van der Waals surface area contributed by atoms with Crippen LogP contribution in [0.15, 0.2) is 42.5 Å². The number of halogens is 1. The second kappa shape index (κ2) is 6.75. The molecule has 122 valence electrons. The van der Waals surface area contributed by atoms with E-state index in [1.807, 2.05) is 6.92 Å². The summed E-state index contributed by atoms with van der Waals surface area (Å²) in [6.45, 7) is 6.16. The Morgan fingerprint density at radius 2 is 1.92 bits per heavy atom. The molecule has 0 aliphatic carbocycles. The van der Waals surface area contributed by atoms with Crippen molar-refractivity contribution in [3.8, 4) is 11.3 Å². The maximum absolute atomic E-state index is 12.3. The highest BCUT2D eigenvalue weighted by Gasteiger charge is 2.14. The number of anilines is 1. The third kappa shape index (κ3) is 3.50. The van der Waals surface area contributed by atoms with Crippen molar-refractivity contribution in [3.05, 3.63) is 69.1 Å². The largest absolute Gasteiger partial charge is 0.298 e. The first kappa shape index (κ1) is 16.7. The van der Waals surface area contributed by atoms with Crippen molar-refractivity contribution in [2.75, 3.05) is 5.32 Å². The Balaban J connectivity index is 1.88. The lowest BCUT2D eigenvalue weighted by Crippen LogP contribution is -2.11. The molecule has 0 aliphatic heterocycles. The predicted molar refractivity (Wildman–Crippen MR) is 101 cm³/mol. The molecule has 3 rings (SSSR count). The van der Waals surface area contributed by atoms with E-state index in [0.29, 0.717) is 15.7 Å². The van der Waals surface area contributed by atoms with Gasteiger partial charge in [-0.05, 0) is 44.5 Å². The first-order valence-electron chi connectivity index (χ1n) is 7.56. The Kier molecular flexibility index (Phi) is 4.69. The van der Waals surface area contributed by atoms with Gasteiger partial charge in [0.05, 0.1) is 5.69 Å². The van der Waals surface area contributed by atoms with Crippen LogP contribution in [0.4, 0.5) is 5.13 Å². The molecule has 0 bridgehead atoms. The molecule has 1 aromatic heterocycles. The number of aryl methyl sites for hydroxylation is 3. The van der Waals surface area contributed by atoms with Crippen LogP contribution in [0.1, 0.15) is 26.4 Å². The summed E-state index contributed by atoms with van der Waals surface area (Å²) in [5, 5.41) is 3.98. The van der Waals surface area contributed by atoms with Crippen molar-refractivity contribution in [3.63, 3.8) is 0 Å². The van der Waals surface area contributed by atoms with Gasteiger partial charge in [0.25, 0.3) is 5.91 Å². The molecule has 1 heterocycles.